The highest BCUT2D eigenvalue weighted by Crippen LogP contribution is 2.32. The van der Waals surface area contributed by atoms with Crippen LogP contribution < -0.4 is 9.47 Å². The topological polar surface area (TPSA) is 24.9 Å². The number of benzene rings is 2. The predicted octanol–water partition coefficient (Wildman–Crippen LogP) is 4.47. The van der Waals surface area contributed by atoms with E-state index in [2.05, 4.69) is 16.8 Å². The van der Waals surface area contributed by atoms with Crippen molar-refractivity contribution in [3.8, 4) is 11.5 Å². The smallest absolute Gasteiger partial charge is 0.416 e. The molecule has 0 unspecified atom stereocenters. The second-order valence-corrected chi connectivity index (χ2v) is 7.71. The molecule has 0 saturated carbocycles. The molecule has 0 N–H and O–H groups in total. The maximum atomic E-state index is 12.9. The highest BCUT2D eigenvalue weighted by Gasteiger charge is 2.30. The summed E-state index contributed by atoms with van der Waals surface area (Å²) in [5, 5.41) is 0. The maximum absolute atomic E-state index is 12.9. The van der Waals surface area contributed by atoms with Crippen molar-refractivity contribution in [1.82, 2.24) is 9.80 Å². The molecule has 30 heavy (non-hydrogen) atoms. The Morgan fingerprint density at radius 2 is 1.77 bits per heavy atom. The van der Waals surface area contributed by atoms with Gasteiger partial charge in [-0.2, -0.15) is 13.2 Å². The zero-order valence-electron chi connectivity index (χ0n) is 17.5. The quantitative estimate of drug-likeness (QED) is 0.627. The van der Waals surface area contributed by atoms with Crippen LogP contribution in [0.5, 0.6) is 11.5 Å². The zero-order valence-corrected chi connectivity index (χ0v) is 17.5. The van der Waals surface area contributed by atoms with Gasteiger partial charge in [0.25, 0.3) is 0 Å². The summed E-state index contributed by atoms with van der Waals surface area (Å²) in [6, 6.07) is 10.9. The molecule has 7 heteroatoms. The van der Waals surface area contributed by atoms with Crippen LogP contribution in [0.15, 0.2) is 42.5 Å². The molecule has 1 fully saturated rings. The largest absolute Gasteiger partial charge is 0.496 e. The first-order chi connectivity index (χ1) is 14.3. The van der Waals surface area contributed by atoms with Crippen LogP contribution in [-0.4, -0.2) is 56.7 Å². The molecule has 164 valence electrons. The molecule has 1 heterocycles. The van der Waals surface area contributed by atoms with Gasteiger partial charge in [-0.15, -0.1) is 0 Å². The van der Waals surface area contributed by atoms with E-state index in [4.69, 9.17) is 9.47 Å². The van der Waals surface area contributed by atoms with Crippen LogP contribution in [0.25, 0.3) is 0 Å². The van der Waals surface area contributed by atoms with Crippen LogP contribution in [0.1, 0.15) is 23.1 Å². The molecule has 0 aromatic heterocycles. The molecule has 3 rings (SSSR count). The Balaban J connectivity index is 1.58. The van der Waals surface area contributed by atoms with E-state index in [9.17, 15) is 13.2 Å². The van der Waals surface area contributed by atoms with E-state index in [1.54, 1.807) is 7.11 Å². The van der Waals surface area contributed by atoms with Crippen LogP contribution >= 0.6 is 0 Å². The number of methoxy groups -OCH3 is 1. The lowest BCUT2D eigenvalue weighted by Gasteiger charge is -2.32. The number of alkyl halides is 3. The van der Waals surface area contributed by atoms with Gasteiger partial charge in [0.15, 0.2) is 0 Å². The Morgan fingerprint density at radius 3 is 2.47 bits per heavy atom. The van der Waals surface area contributed by atoms with Gasteiger partial charge in [0.2, 0.25) is 0 Å². The molecule has 0 radical (unpaired) electrons. The SMILES string of the molecule is COc1ccc(CCCN2CCN(C)CC2)cc1COc1cccc(C(F)(F)F)c1. The van der Waals surface area contributed by atoms with Gasteiger partial charge in [-0.1, -0.05) is 12.1 Å². The second kappa shape index (κ2) is 10.2. The maximum Gasteiger partial charge on any atom is 0.416 e. The minimum absolute atomic E-state index is 0.150. The fourth-order valence-electron chi connectivity index (χ4n) is 3.60. The van der Waals surface area contributed by atoms with Crippen molar-refractivity contribution >= 4 is 0 Å². The minimum atomic E-state index is -4.39. The van der Waals surface area contributed by atoms with Gasteiger partial charge in [0.05, 0.1) is 12.7 Å². The van der Waals surface area contributed by atoms with E-state index >= 15 is 0 Å². The number of hydrogen-bond acceptors (Lipinski definition) is 4. The summed E-state index contributed by atoms with van der Waals surface area (Å²) < 4.78 is 49.7. The van der Waals surface area contributed by atoms with E-state index in [0.717, 1.165) is 63.3 Å². The van der Waals surface area contributed by atoms with Crippen molar-refractivity contribution in [3.05, 3.63) is 59.2 Å². The van der Waals surface area contributed by atoms with Gasteiger partial charge in [-0.25, -0.2) is 0 Å². The number of halogens is 3. The van der Waals surface area contributed by atoms with Crippen LogP contribution in [-0.2, 0) is 19.2 Å². The average Bonchev–Trinajstić information content (AvgIpc) is 2.73. The monoisotopic (exact) mass is 422 g/mol. The zero-order chi connectivity index (χ0) is 21.6. The molecule has 1 saturated heterocycles. The van der Waals surface area contributed by atoms with E-state index < -0.39 is 11.7 Å². The fraction of sp³-hybridized carbons (Fsp3) is 0.478. The third-order valence-corrected chi connectivity index (χ3v) is 5.44. The molecular formula is C23H29F3N2O2. The summed E-state index contributed by atoms with van der Waals surface area (Å²) in [5.41, 5.74) is 1.28. The highest BCUT2D eigenvalue weighted by molar-refractivity contribution is 5.38. The summed E-state index contributed by atoms with van der Waals surface area (Å²) in [6.45, 7) is 5.65. The van der Waals surface area contributed by atoms with Crippen LogP contribution in [0.3, 0.4) is 0 Å². The van der Waals surface area contributed by atoms with Gasteiger partial charge >= 0.3 is 6.18 Å². The summed E-state index contributed by atoms with van der Waals surface area (Å²) in [7, 11) is 3.73. The first-order valence-corrected chi connectivity index (χ1v) is 10.2. The number of hydrogen-bond donors (Lipinski definition) is 0. The van der Waals surface area contributed by atoms with Crippen molar-refractivity contribution in [1.29, 1.82) is 0 Å². The van der Waals surface area contributed by atoms with Gasteiger partial charge in [0, 0.05) is 31.7 Å². The lowest BCUT2D eigenvalue weighted by molar-refractivity contribution is -0.137. The normalized spacial score (nSPS) is 15.9. The van der Waals surface area contributed by atoms with E-state index in [-0.39, 0.29) is 12.4 Å². The number of nitrogens with zero attached hydrogens (tertiary/aromatic N) is 2. The summed E-state index contributed by atoms with van der Waals surface area (Å²) in [5.74, 6) is 0.858. The van der Waals surface area contributed by atoms with Crippen LogP contribution in [0, 0.1) is 0 Å². The Hall–Kier alpha value is -2.25. The van der Waals surface area contributed by atoms with Crippen LogP contribution in [0.2, 0.25) is 0 Å². The predicted molar refractivity (Wildman–Crippen MR) is 111 cm³/mol. The number of piperazine rings is 1. The lowest BCUT2D eigenvalue weighted by Crippen LogP contribution is -2.44. The molecule has 0 spiro atoms. The first kappa shape index (κ1) is 22.4. The standard InChI is InChI=1S/C23H29F3N2O2/c1-27-11-13-28(14-12-27)10-4-5-18-8-9-22(29-2)19(15-18)17-30-21-7-3-6-20(16-21)23(24,25)26/h3,6-9,15-16H,4-5,10-14,17H2,1-2H3. The van der Waals surface area contributed by atoms with E-state index in [1.165, 1.54) is 17.7 Å². The Kier molecular flexibility index (Phi) is 7.61. The van der Waals surface area contributed by atoms with Crippen molar-refractivity contribution < 1.29 is 22.6 Å². The first-order valence-electron chi connectivity index (χ1n) is 10.2. The molecule has 0 amide bonds. The molecule has 0 atom stereocenters. The van der Waals surface area contributed by atoms with E-state index in [1.807, 2.05) is 18.2 Å². The molecule has 1 aliphatic rings. The molecule has 4 nitrogen and oxygen atoms in total. The van der Waals surface area contributed by atoms with Gasteiger partial charge in [0.1, 0.15) is 18.1 Å². The van der Waals surface area contributed by atoms with Gasteiger partial charge in [-0.3, -0.25) is 0 Å². The second-order valence-electron chi connectivity index (χ2n) is 7.71. The number of rotatable bonds is 8. The molecule has 2 aromatic carbocycles. The van der Waals surface area contributed by atoms with Crippen molar-refractivity contribution in [2.45, 2.75) is 25.6 Å². The lowest BCUT2D eigenvalue weighted by atomic mass is 10.1. The third kappa shape index (κ3) is 6.37. The molecule has 1 aliphatic heterocycles. The molecule has 0 bridgehead atoms. The third-order valence-electron chi connectivity index (χ3n) is 5.44. The number of aryl methyl sites for hydroxylation is 1. The van der Waals surface area contributed by atoms with Crippen LogP contribution in [0.4, 0.5) is 13.2 Å². The molecular weight excluding hydrogens is 393 g/mol. The van der Waals surface area contributed by atoms with E-state index in [0.29, 0.717) is 5.75 Å². The minimum Gasteiger partial charge on any atom is -0.496 e. The molecule has 2 aromatic rings. The number of likely N-dealkylation sites (N-methyl/N-ethyl adjacent to an activating group) is 1. The number of ether oxygens (including phenoxy) is 2. The van der Waals surface area contributed by atoms with Crippen molar-refractivity contribution in [3.63, 3.8) is 0 Å². The summed E-state index contributed by atoms with van der Waals surface area (Å²) >= 11 is 0. The van der Waals surface area contributed by atoms with Crippen molar-refractivity contribution in [2.75, 3.05) is 46.9 Å². The Morgan fingerprint density at radius 1 is 1.00 bits per heavy atom. The Labute approximate surface area is 176 Å². The average molecular weight is 422 g/mol. The van der Waals surface area contributed by atoms with Gasteiger partial charge in [-0.05, 0) is 62.3 Å². The summed E-state index contributed by atoms with van der Waals surface area (Å²) in [4.78, 5) is 4.83. The Bertz CT molecular complexity index is 818. The summed E-state index contributed by atoms with van der Waals surface area (Å²) in [6.07, 6.45) is -2.39. The van der Waals surface area contributed by atoms with Gasteiger partial charge < -0.3 is 19.3 Å². The molecule has 0 aliphatic carbocycles. The van der Waals surface area contributed by atoms with Crippen molar-refractivity contribution in [2.24, 2.45) is 0 Å². The fourth-order valence-corrected chi connectivity index (χ4v) is 3.60. The highest BCUT2D eigenvalue weighted by atomic mass is 19.4.